The lowest BCUT2D eigenvalue weighted by Gasteiger charge is -2.13. The van der Waals surface area contributed by atoms with Crippen LogP contribution in [-0.4, -0.2) is 12.7 Å². The first-order valence-electron chi connectivity index (χ1n) is 3.30. The number of terminal acetylenes is 1. The van der Waals surface area contributed by atoms with E-state index in [9.17, 15) is 0 Å². The molecule has 52 valence electrons. The Kier molecular flexibility index (Phi) is 4.17. The Balaban J connectivity index is 3.48. The molecule has 2 atom stereocenters. The van der Waals surface area contributed by atoms with E-state index in [-0.39, 0.29) is 12.0 Å². The first-order chi connectivity index (χ1) is 4.22. The normalized spacial score (nSPS) is 16.2. The third-order valence-corrected chi connectivity index (χ3v) is 1.40. The molecule has 0 saturated heterocycles. The van der Waals surface area contributed by atoms with Gasteiger partial charge in [-0.15, -0.1) is 12.3 Å². The molecule has 2 unspecified atom stereocenters. The van der Waals surface area contributed by atoms with E-state index < -0.39 is 0 Å². The summed E-state index contributed by atoms with van der Waals surface area (Å²) < 4.78 is 5.25. The molecule has 0 aliphatic carbocycles. The summed E-state index contributed by atoms with van der Waals surface area (Å²) in [4.78, 5) is 0. The Morgan fingerprint density at radius 2 is 2.11 bits per heavy atom. The van der Waals surface area contributed by atoms with Crippen LogP contribution in [0.15, 0.2) is 0 Å². The summed E-state index contributed by atoms with van der Waals surface area (Å²) in [5.74, 6) is 2.85. The Hall–Kier alpha value is -0.480. The number of hydrogen-bond donors (Lipinski definition) is 0. The highest BCUT2D eigenvalue weighted by molar-refractivity contribution is 4.93. The molecule has 0 saturated carbocycles. The maximum atomic E-state index is 5.25. The van der Waals surface area contributed by atoms with Crippen LogP contribution in [-0.2, 0) is 4.74 Å². The van der Waals surface area contributed by atoms with Gasteiger partial charge in [0.1, 0.15) is 0 Å². The molecule has 0 aromatic heterocycles. The fourth-order valence-corrected chi connectivity index (χ4v) is 0.543. The fourth-order valence-electron chi connectivity index (χ4n) is 0.543. The van der Waals surface area contributed by atoms with Crippen LogP contribution >= 0.6 is 0 Å². The van der Waals surface area contributed by atoms with E-state index in [2.05, 4.69) is 5.92 Å². The molecular weight excluding hydrogens is 112 g/mol. The molecule has 9 heavy (non-hydrogen) atoms. The average Bonchev–Trinajstić information content (AvgIpc) is 1.87. The molecule has 0 rings (SSSR count). The van der Waals surface area contributed by atoms with Crippen LogP contribution in [0.4, 0.5) is 0 Å². The van der Waals surface area contributed by atoms with Gasteiger partial charge in [-0.3, -0.25) is 0 Å². The second kappa shape index (κ2) is 4.40. The van der Waals surface area contributed by atoms with Gasteiger partial charge in [0.15, 0.2) is 0 Å². The monoisotopic (exact) mass is 126 g/mol. The van der Waals surface area contributed by atoms with E-state index in [1.165, 1.54) is 0 Å². The Morgan fingerprint density at radius 3 is 2.44 bits per heavy atom. The lowest BCUT2D eigenvalue weighted by Crippen LogP contribution is -2.16. The predicted octanol–water partition coefficient (Wildman–Crippen LogP) is 1.68. The molecule has 0 N–H and O–H groups in total. The van der Waals surface area contributed by atoms with Crippen LogP contribution < -0.4 is 0 Å². The Morgan fingerprint density at radius 1 is 1.56 bits per heavy atom. The average molecular weight is 126 g/mol. The topological polar surface area (TPSA) is 9.23 Å². The first-order valence-corrected chi connectivity index (χ1v) is 3.30. The summed E-state index contributed by atoms with van der Waals surface area (Å²) in [6.45, 7) is 6.70. The zero-order valence-corrected chi connectivity index (χ0v) is 6.35. The van der Waals surface area contributed by atoms with E-state index in [0.717, 1.165) is 6.61 Å². The number of hydrogen-bond acceptors (Lipinski definition) is 1. The molecule has 0 fully saturated rings. The van der Waals surface area contributed by atoms with Gasteiger partial charge in [0.05, 0.1) is 6.10 Å². The minimum absolute atomic E-state index is 0.194. The van der Waals surface area contributed by atoms with Crippen molar-refractivity contribution in [2.24, 2.45) is 5.92 Å². The Bertz CT molecular complexity index is 102. The molecule has 0 radical (unpaired) electrons. The van der Waals surface area contributed by atoms with E-state index in [1.807, 2.05) is 20.8 Å². The van der Waals surface area contributed by atoms with E-state index in [4.69, 9.17) is 11.2 Å². The largest absolute Gasteiger partial charge is 0.378 e. The van der Waals surface area contributed by atoms with Crippen LogP contribution in [0.5, 0.6) is 0 Å². The van der Waals surface area contributed by atoms with Gasteiger partial charge in [0, 0.05) is 12.5 Å². The third kappa shape index (κ3) is 3.16. The van der Waals surface area contributed by atoms with Gasteiger partial charge in [-0.05, 0) is 20.8 Å². The first kappa shape index (κ1) is 8.52. The van der Waals surface area contributed by atoms with Crippen molar-refractivity contribution in [3.63, 3.8) is 0 Å². The van der Waals surface area contributed by atoms with Crippen molar-refractivity contribution in [3.05, 3.63) is 0 Å². The smallest absolute Gasteiger partial charge is 0.0681 e. The Labute approximate surface area is 57.4 Å². The SMILES string of the molecule is C#CC(C)C(C)OCC. The molecule has 1 heteroatoms. The van der Waals surface area contributed by atoms with Gasteiger partial charge < -0.3 is 4.74 Å². The van der Waals surface area contributed by atoms with Crippen molar-refractivity contribution >= 4 is 0 Å². The van der Waals surface area contributed by atoms with Crippen LogP contribution in [0, 0.1) is 18.3 Å². The lowest BCUT2D eigenvalue weighted by atomic mass is 10.1. The summed E-state index contributed by atoms with van der Waals surface area (Å²) in [6.07, 6.45) is 5.37. The van der Waals surface area contributed by atoms with Crippen LogP contribution in [0.3, 0.4) is 0 Å². The number of rotatable bonds is 3. The fraction of sp³-hybridized carbons (Fsp3) is 0.750. The van der Waals surface area contributed by atoms with Gasteiger partial charge in [0.25, 0.3) is 0 Å². The van der Waals surface area contributed by atoms with Crippen molar-refractivity contribution in [3.8, 4) is 12.3 Å². The molecule has 0 bridgehead atoms. The van der Waals surface area contributed by atoms with Crippen molar-refractivity contribution < 1.29 is 4.74 Å². The maximum Gasteiger partial charge on any atom is 0.0681 e. The van der Waals surface area contributed by atoms with Gasteiger partial charge in [0.2, 0.25) is 0 Å². The molecule has 0 aliphatic heterocycles. The molecule has 0 aromatic rings. The summed E-state index contributed by atoms with van der Waals surface area (Å²) in [5.41, 5.74) is 0. The summed E-state index contributed by atoms with van der Waals surface area (Å²) in [5, 5.41) is 0. The summed E-state index contributed by atoms with van der Waals surface area (Å²) in [7, 11) is 0. The van der Waals surface area contributed by atoms with E-state index >= 15 is 0 Å². The van der Waals surface area contributed by atoms with E-state index in [0.29, 0.717) is 0 Å². The van der Waals surface area contributed by atoms with Crippen molar-refractivity contribution in [2.75, 3.05) is 6.61 Å². The second-order valence-electron chi connectivity index (χ2n) is 2.12. The standard InChI is InChI=1S/C8H14O/c1-5-7(3)8(4)9-6-2/h1,7-8H,6H2,2-4H3. The van der Waals surface area contributed by atoms with Crippen LogP contribution in [0.25, 0.3) is 0 Å². The van der Waals surface area contributed by atoms with Gasteiger partial charge in [-0.2, -0.15) is 0 Å². The molecular formula is C8H14O. The lowest BCUT2D eigenvalue weighted by molar-refractivity contribution is 0.0548. The molecule has 0 aromatic carbocycles. The summed E-state index contributed by atoms with van der Waals surface area (Å²) >= 11 is 0. The molecule has 0 spiro atoms. The highest BCUT2D eigenvalue weighted by Crippen LogP contribution is 2.03. The minimum atomic E-state index is 0.194. The predicted molar refractivity (Wildman–Crippen MR) is 39.1 cm³/mol. The minimum Gasteiger partial charge on any atom is -0.378 e. The molecule has 0 amide bonds. The van der Waals surface area contributed by atoms with Crippen molar-refractivity contribution in [1.29, 1.82) is 0 Å². The summed E-state index contributed by atoms with van der Waals surface area (Å²) in [6, 6.07) is 0. The van der Waals surface area contributed by atoms with Crippen LogP contribution in [0.1, 0.15) is 20.8 Å². The van der Waals surface area contributed by atoms with E-state index in [1.54, 1.807) is 0 Å². The quantitative estimate of drug-likeness (QED) is 0.523. The maximum absolute atomic E-state index is 5.25. The second-order valence-corrected chi connectivity index (χ2v) is 2.12. The molecule has 0 heterocycles. The number of ether oxygens (including phenoxy) is 1. The van der Waals surface area contributed by atoms with Gasteiger partial charge in [-0.25, -0.2) is 0 Å². The zero-order valence-electron chi connectivity index (χ0n) is 6.35. The molecule has 0 aliphatic rings. The van der Waals surface area contributed by atoms with Crippen molar-refractivity contribution in [1.82, 2.24) is 0 Å². The van der Waals surface area contributed by atoms with Gasteiger partial charge >= 0.3 is 0 Å². The highest BCUT2D eigenvalue weighted by atomic mass is 16.5. The zero-order chi connectivity index (χ0) is 7.28. The molecule has 1 nitrogen and oxygen atoms in total. The van der Waals surface area contributed by atoms with Crippen molar-refractivity contribution in [2.45, 2.75) is 26.9 Å². The highest BCUT2D eigenvalue weighted by Gasteiger charge is 2.06. The van der Waals surface area contributed by atoms with Gasteiger partial charge in [-0.1, -0.05) is 0 Å². The van der Waals surface area contributed by atoms with Crippen LogP contribution in [0.2, 0.25) is 0 Å². The third-order valence-electron chi connectivity index (χ3n) is 1.40.